The normalized spacial score (nSPS) is 15.4. The first-order valence-electron chi connectivity index (χ1n) is 11.4. The molecule has 5 heterocycles. The first-order chi connectivity index (χ1) is 17.4. The average Bonchev–Trinajstić information content (AvgIpc) is 3.43. The monoisotopic (exact) mass is 487 g/mol. The van der Waals surface area contributed by atoms with Crippen LogP contribution in [0.5, 0.6) is 0 Å². The highest BCUT2D eigenvalue weighted by atomic mass is 16.2. The number of aromatic nitrogens is 5. The van der Waals surface area contributed by atoms with Crippen molar-refractivity contribution in [1.82, 2.24) is 34.4 Å². The molecule has 36 heavy (non-hydrogen) atoms. The van der Waals surface area contributed by atoms with E-state index in [1.54, 1.807) is 49.5 Å². The van der Waals surface area contributed by atoms with Crippen molar-refractivity contribution < 1.29 is 9.59 Å². The molecule has 0 bridgehead atoms. The molecule has 4 aromatic rings. The number of likely N-dealkylation sites (tertiary alicyclic amines) is 1. The van der Waals surface area contributed by atoms with E-state index >= 15 is 0 Å². The van der Waals surface area contributed by atoms with Gasteiger partial charge in [-0.3, -0.25) is 19.0 Å². The third-order valence-corrected chi connectivity index (χ3v) is 6.04. The number of pyridine rings is 2. The average molecular weight is 488 g/mol. The molecule has 3 N–H and O–H groups in total. The third kappa shape index (κ3) is 4.13. The van der Waals surface area contributed by atoms with Crippen LogP contribution in [0.4, 0.5) is 17.3 Å². The number of hydrogen-bond acceptors (Lipinski definition) is 8. The molecule has 0 radical (unpaired) electrons. The predicted molar refractivity (Wildman–Crippen MR) is 134 cm³/mol. The molecule has 1 aliphatic heterocycles. The molecule has 0 aromatic carbocycles. The van der Waals surface area contributed by atoms with Crippen LogP contribution >= 0.6 is 0 Å². The van der Waals surface area contributed by atoms with Crippen LogP contribution in [0.2, 0.25) is 0 Å². The summed E-state index contributed by atoms with van der Waals surface area (Å²) in [5.74, 6) is 0.817. The number of amides is 2. The van der Waals surface area contributed by atoms with Crippen molar-refractivity contribution in [3.8, 4) is 5.82 Å². The van der Waals surface area contributed by atoms with Gasteiger partial charge in [0.25, 0.3) is 11.5 Å². The van der Waals surface area contributed by atoms with Crippen molar-refractivity contribution in [2.45, 2.75) is 19.4 Å². The molecule has 4 aromatic heterocycles. The fraction of sp³-hybridized carbons (Fsp3) is 0.250. The summed E-state index contributed by atoms with van der Waals surface area (Å²) in [5.41, 5.74) is 1.26. The highest BCUT2D eigenvalue weighted by Crippen LogP contribution is 2.21. The number of aryl methyl sites for hydroxylation is 1. The second-order valence-electron chi connectivity index (χ2n) is 8.50. The Bertz CT molecular complexity index is 1540. The number of carbonyl (C=O) groups excluding carboxylic acids is 2. The minimum Gasteiger partial charge on any atom is -0.373 e. The summed E-state index contributed by atoms with van der Waals surface area (Å²) in [6.07, 6.45) is 3.59. The van der Waals surface area contributed by atoms with Crippen molar-refractivity contribution >= 4 is 34.8 Å². The van der Waals surface area contributed by atoms with Crippen LogP contribution in [-0.2, 0) is 4.79 Å². The largest absolute Gasteiger partial charge is 0.373 e. The van der Waals surface area contributed by atoms with Gasteiger partial charge in [-0.2, -0.15) is 9.61 Å². The molecule has 2 amide bonds. The van der Waals surface area contributed by atoms with Crippen LogP contribution < -0.4 is 21.5 Å². The number of nitrogens with one attached hydrogen (secondary N) is 3. The van der Waals surface area contributed by atoms with Gasteiger partial charge in [-0.25, -0.2) is 9.97 Å². The first kappa shape index (κ1) is 23.0. The van der Waals surface area contributed by atoms with Crippen LogP contribution in [0, 0.1) is 6.92 Å². The summed E-state index contributed by atoms with van der Waals surface area (Å²) < 4.78 is 2.93. The van der Waals surface area contributed by atoms with Crippen LogP contribution in [0.3, 0.4) is 0 Å². The Hall–Kier alpha value is -4.74. The molecule has 12 heteroatoms. The topological polar surface area (TPSA) is 139 Å². The third-order valence-electron chi connectivity index (χ3n) is 6.04. The van der Waals surface area contributed by atoms with Crippen molar-refractivity contribution in [3.05, 3.63) is 70.4 Å². The SMILES string of the molecule is CNc1cc(Nc2cccn(-c3cccc(C)n3)c2=O)nc2c(C(=O)N[C@@H]3CCN(C)C3=O)cnn12. The molecule has 0 saturated carbocycles. The van der Waals surface area contributed by atoms with Gasteiger partial charge in [0.2, 0.25) is 5.91 Å². The molecule has 184 valence electrons. The minimum atomic E-state index is -0.583. The zero-order valence-electron chi connectivity index (χ0n) is 20.0. The Balaban J connectivity index is 1.49. The molecule has 0 spiro atoms. The number of likely N-dealkylation sites (N-methyl/N-ethyl adjacent to an activating group) is 1. The van der Waals surface area contributed by atoms with Crippen LogP contribution in [-0.4, -0.2) is 67.5 Å². The van der Waals surface area contributed by atoms with Gasteiger partial charge >= 0.3 is 0 Å². The van der Waals surface area contributed by atoms with E-state index in [0.29, 0.717) is 30.4 Å². The van der Waals surface area contributed by atoms with E-state index in [9.17, 15) is 14.4 Å². The lowest BCUT2D eigenvalue weighted by atomic mass is 10.2. The van der Waals surface area contributed by atoms with Crippen molar-refractivity contribution in [2.75, 3.05) is 31.3 Å². The molecule has 5 rings (SSSR count). The molecular weight excluding hydrogens is 462 g/mol. The molecule has 1 aliphatic rings. The summed E-state index contributed by atoms with van der Waals surface area (Å²) >= 11 is 0. The van der Waals surface area contributed by atoms with E-state index in [0.717, 1.165) is 5.69 Å². The molecule has 12 nitrogen and oxygen atoms in total. The van der Waals surface area contributed by atoms with Gasteiger partial charge < -0.3 is 20.9 Å². The lowest BCUT2D eigenvalue weighted by Crippen LogP contribution is -2.40. The number of carbonyl (C=O) groups is 2. The van der Waals surface area contributed by atoms with Crippen LogP contribution in [0.15, 0.2) is 53.6 Å². The Labute approximate surface area is 206 Å². The van der Waals surface area contributed by atoms with Crippen molar-refractivity contribution in [3.63, 3.8) is 0 Å². The van der Waals surface area contributed by atoms with E-state index in [-0.39, 0.29) is 28.4 Å². The Morgan fingerprint density at radius 2 is 1.97 bits per heavy atom. The van der Waals surface area contributed by atoms with E-state index < -0.39 is 11.9 Å². The quantitative estimate of drug-likeness (QED) is 0.370. The maximum atomic E-state index is 13.2. The maximum Gasteiger partial charge on any atom is 0.279 e. The molecule has 1 fully saturated rings. The van der Waals surface area contributed by atoms with Gasteiger partial charge in [0.1, 0.15) is 34.7 Å². The van der Waals surface area contributed by atoms with Gasteiger partial charge in [-0.15, -0.1) is 0 Å². The first-order valence-corrected chi connectivity index (χ1v) is 11.4. The van der Waals surface area contributed by atoms with Crippen molar-refractivity contribution in [1.29, 1.82) is 0 Å². The zero-order chi connectivity index (χ0) is 25.4. The lowest BCUT2D eigenvalue weighted by Gasteiger charge is -2.13. The highest BCUT2D eigenvalue weighted by molar-refractivity contribution is 6.02. The van der Waals surface area contributed by atoms with Gasteiger partial charge in [0, 0.05) is 38.6 Å². The summed E-state index contributed by atoms with van der Waals surface area (Å²) in [4.78, 5) is 49.0. The van der Waals surface area contributed by atoms with Gasteiger partial charge in [-0.05, 0) is 37.6 Å². The van der Waals surface area contributed by atoms with E-state index in [1.807, 2.05) is 19.1 Å². The molecule has 1 saturated heterocycles. The number of nitrogens with zero attached hydrogens (tertiary/aromatic N) is 6. The van der Waals surface area contributed by atoms with Gasteiger partial charge in [0.05, 0.1) is 6.20 Å². The van der Waals surface area contributed by atoms with E-state index in [2.05, 4.69) is 31.0 Å². The van der Waals surface area contributed by atoms with Gasteiger partial charge in [0.15, 0.2) is 5.65 Å². The Morgan fingerprint density at radius 1 is 1.14 bits per heavy atom. The molecule has 0 unspecified atom stereocenters. The number of hydrogen-bond donors (Lipinski definition) is 3. The summed E-state index contributed by atoms with van der Waals surface area (Å²) in [6.45, 7) is 2.44. The Kier molecular flexibility index (Phi) is 5.84. The minimum absolute atomic E-state index is 0.130. The maximum absolute atomic E-state index is 13.2. The summed E-state index contributed by atoms with van der Waals surface area (Å²) in [6, 6.07) is 9.92. The number of rotatable bonds is 6. The summed E-state index contributed by atoms with van der Waals surface area (Å²) in [5, 5.41) is 13.1. The second-order valence-corrected chi connectivity index (χ2v) is 8.50. The standard InChI is InChI=1S/C24H25N9O3/c1-14-6-4-8-19(27-14)32-10-5-7-16(24(32)36)28-18-12-20(25-2)33-21(30-18)15(13-26-33)22(34)29-17-9-11-31(3)23(17)35/h4-8,10,12-13,17,25H,9,11H2,1-3H3,(H,28,30)(H,29,34)/t17-/m1/s1. The predicted octanol–water partition coefficient (Wildman–Crippen LogP) is 1.33. The van der Waals surface area contributed by atoms with Crippen LogP contribution in [0.25, 0.3) is 11.5 Å². The van der Waals surface area contributed by atoms with E-state index in [1.165, 1.54) is 15.3 Å². The second kappa shape index (κ2) is 9.13. The zero-order valence-corrected chi connectivity index (χ0v) is 20.0. The fourth-order valence-corrected chi connectivity index (χ4v) is 4.13. The van der Waals surface area contributed by atoms with Gasteiger partial charge in [-0.1, -0.05) is 6.07 Å². The van der Waals surface area contributed by atoms with E-state index in [4.69, 9.17) is 0 Å². The van der Waals surface area contributed by atoms with Crippen molar-refractivity contribution in [2.24, 2.45) is 0 Å². The fourth-order valence-electron chi connectivity index (χ4n) is 4.13. The summed E-state index contributed by atoms with van der Waals surface area (Å²) in [7, 11) is 3.42. The Morgan fingerprint density at radius 3 is 2.69 bits per heavy atom. The molecule has 0 aliphatic carbocycles. The molecular formula is C24H25N9O3. The molecule has 1 atom stereocenters. The lowest BCUT2D eigenvalue weighted by molar-refractivity contribution is -0.128. The van der Waals surface area contributed by atoms with Crippen LogP contribution in [0.1, 0.15) is 22.5 Å². The number of fused-ring (bicyclic) bond motifs is 1. The number of anilines is 3. The highest BCUT2D eigenvalue weighted by Gasteiger charge is 2.31. The smallest absolute Gasteiger partial charge is 0.279 e.